The minimum absolute atomic E-state index is 0.107. The first kappa shape index (κ1) is 14.4. The van der Waals surface area contributed by atoms with Crippen molar-refractivity contribution in [1.29, 1.82) is 0 Å². The van der Waals surface area contributed by atoms with Crippen LogP contribution >= 0.6 is 0 Å². The molecule has 0 bridgehead atoms. The number of carbonyl (C=O) groups excluding carboxylic acids is 1. The first-order chi connectivity index (χ1) is 9.11. The van der Waals surface area contributed by atoms with E-state index in [4.69, 9.17) is 5.11 Å². The minimum Gasteiger partial charge on any atom is -0.481 e. The van der Waals surface area contributed by atoms with Crippen LogP contribution in [0.15, 0.2) is 0 Å². The molecule has 19 heavy (non-hydrogen) atoms. The van der Waals surface area contributed by atoms with Crippen LogP contribution in [0.3, 0.4) is 0 Å². The van der Waals surface area contributed by atoms with Crippen LogP contribution in [0.5, 0.6) is 0 Å². The Hall–Kier alpha value is -1.06. The number of aliphatic carboxylic acids is 1. The van der Waals surface area contributed by atoms with Gasteiger partial charge in [-0.05, 0) is 25.2 Å². The van der Waals surface area contributed by atoms with Crippen molar-refractivity contribution < 1.29 is 14.7 Å². The van der Waals surface area contributed by atoms with Crippen molar-refractivity contribution in [2.24, 2.45) is 17.8 Å². The lowest BCUT2D eigenvalue weighted by Gasteiger charge is -2.24. The molecule has 1 saturated carbocycles. The third-order valence-electron chi connectivity index (χ3n) is 4.78. The summed E-state index contributed by atoms with van der Waals surface area (Å²) in [6.45, 7) is 3.11. The van der Waals surface area contributed by atoms with Crippen LogP contribution < -0.4 is 0 Å². The lowest BCUT2D eigenvalue weighted by atomic mass is 9.90. The Morgan fingerprint density at radius 2 is 1.95 bits per heavy atom. The van der Waals surface area contributed by atoms with Crippen molar-refractivity contribution in [3.8, 4) is 0 Å². The van der Waals surface area contributed by atoms with Crippen LogP contribution in [-0.4, -0.2) is 35.0 Å². The molecule has 1 aliphatic heterocycles. The second-order valence-electron chi connectivity index (χ2n) is 6.10. The number of hydrogen-bond donors (Lipinski definition) is 1. The number of carboxylic acids is 1. The van der Waals surface area contributed by atoms with Crippen LogP contribution in [0, 0.1) is 17.8 Å². The second-order valence-corrected chi connectivity index (χ2v) is 6.10. The first-order valence-corrected chi connectivity index (χ1v) is 7.63. The van der Waals surface area contributed by atoms with Crippen molar-refractivity contribution in [1.82, 2.24) is 4.90 Å². The summed E-state index contributed by atoms with van der Waals surface area (Å²) in [4.78, 5) is 25.2. The van der Waals surface area contributed by atoms with E-state index >= 15 is 0 Å². The highest BCUT2D eigenvalue weighted by Crippen LogP contribution is 2.32. The van der Waals surface area contributed by atoms with E-state index in [1.54, 1.807) is 4.90 Å². The molecule has 1 heterocycles. The highest BCUT2D eigenvalue weighted by molar-refractivity contribution is 5.80. The van der Waals surface area contributed by atoms with E-state index in [2.05, 4.69) is 6.92 Å². The largest absolute Gasteiger partial charge is 0.481 e. The van der Waals surface area contributed by atoms with Gasteiger partial charge in [-0.25, -0.2) is 0 Å². The van der Waals surface area contributed by atoms with Gasteiger partial charge in [-0.1, -0.05) is 32.6 Å². The maximum atomic E-state index is 12.5. The lowest BCUT2D eigenvalue weighted by Crippen LogP contribution is -2.35. The Kier molecular flexibility index (Phi) is 4.83. The van der Waals surface area contributed by atoms with Crippen LogP contribution in [0.2, 0.25) is 0 Å². The van der Waals surface area contributed by atoms with Crippen molar-refractivity contribution in [3.05, 3.63) is 0 Å². The molecule has 4 heteroatoms. The minimum atomic E-state index is -0.765. The maximum absolute atomic E-state index is 12.5. The van der Waals surface area contributed by atoms with Gasteiger partial charge in [0.25, 0.3) is 0 Å². The summed E-state index contributed by atoms with van der Waals surface area (Å²) in [5, 5.41) is 9.00. The molecule has 4 nitrogen and oxygen atoms in total. The quantitative estimate of drug-likeness (QED) is 0.832. The van der Waals surface area contributed by atoms with Crippen molar-refractivity contribution in [2.45, 2.75) is 51.9 Å². The van der Waals surface area contributed by atoms with E-state index in [-0.39, 0.29) is 17.7 Å². The summed E-state index contributed by atoms with van der Waals surface area (Å²) in [5.74, 6) is -0.104. The van der Waals surface area contributed by atoms with Crippen molar-refractivity contribution in [2.75, 3.05) is 13.1 Å². The third kappa shape index (κ3) is 3.48. The molecule has 0 aromatic heterocycles. The molecule has 0 aromatic rings. The van der Waals surface area contributed by atoms with E-state index < -0.39 is 5.97 Å². The number of likely N-dealkylation sites (tertiary alicyclic amines) is 1. The third-order valence-corrected chi connectivity index (χ3v) is 4.78. The SMILES string of the molecule is CCC(CC1CCCC1)C(=O)N1CCC(C(=O)O)C1. The monoisotopic (exact) mass is 267 g/mol. The fourth-order valence-corrected chi connectivity index (χ4v) is 3.51. The molecular weight excluding hydrogens is 242 g/mol. The number of hydrogen-bond acceptors (Lipinski definition) is 2. The summed E-state index contributed by atoms with van der Waals surface area (Å²) in [6, 6.07) is 0. The maximum Gasteiger partial charge on any atom is 0.308 e. The topological polar surface area (TPSA) is 57.6 Å². The van der Waals surface area contributed by atoms with Gasteiger partial charge in [0.05, 0.1) is 5.92 Å². The fraction of sp³-hybridized carbons (Fsp3) is 0.867. The molecule has 1 saturated heterocycles. The molecule has 108 valence electrons. The molecule has 0 spiro atoms. The molecule has 0 radical (unpaired) electrons. The van der Waals surface area contributed by atoms with E-state index in [0.29, 0.717) is 25.4 Å². The zero-order valence-electron chi connectivity index (χ0n) is 11.8. The Balaban J connectivity index is 1.87. The Bertz CT molecular complexity index is 336. The molecule has 1 amide bonds. The van der Waals surface area contributed by atoms with Gasteiger partial charge >= 0.3 is 5.97 Å². The summed E-state index contributed by atoms with van der Waals surface area (Å²) in [7, 11) is 0. The van der Waals surface area contributed by atoms with E-state index in [1.165, 1.54) is 25.7 Å². The van der Waals surface area contributed by atoms with Gasteiger partial charge in [0.1, 0.15) is 0 Å². The van der Waals surface area contributed by atoms with Crippen LogP contribution in [-0.2, 0) is 9.59 Å². The summed E-state index contributed by atoms with van der Waals surface area (Å²) in [5.41, 5.74) is 0. The van der Waals surface area contributed by atoms with Gasteiger partial charge in [-0.2, -0.15) is 0 Å². The highest BCUT2D eigenvalue weighted by Gasteiger charge is 2.34. The number of carboxylic acid groups (broad SMARTS) is 1. The number of carbonyl (C=O) groups is 2. The smallest absolute Gasteiger partial charge is 0.308 e. The van der Waals surface area contributed by atoms with Gasteiger partial charge < -0.3 is 10.0 Å². The number of rotatable bonds is 5. The second kappa shape index (κ2) is 6.40. The van der Waals surface area contributed by atoms with Crippen molar-refractivity contribution >= 4 is 11.9 Å². The van der Waals surface area contributed by atoms with Crippen molar-refractivity contribution in [3.63, 3.8) is 0 Å². The van der Waals surface area contributed by atoms with Gasteiger partial charge in [0, 0.05) is 19.0 Å². The molecule has 1 aliphatic carbocycles. The molecule has 2 atom stereocenters. The Morgan fingerprint density at radius 1 is 1.26 bits per heavy atom. The van der Waals surface area contributed by atoms with E-state index in [1.807, 2.05) is 0 Å². The predicted molar refractivity (Wildman–Crippen MR) is 72.7 cm³/mol. The summed E-state index contributed by atoms with van der Waals surface area (Å²) in [6.07, 6.45) is 7.64. The molecule has 1 N–H and O–H groups in total. The number of amides is 1. The molecule has 2 rings (SSSR count). The van der Waals surface area contributed by atoms with E-state index in [9.17, 15) is 9.59 Å². The van der Waals surface area contributed by atoms with Crippen LogP contribution in [0.4, 0.5) is 0 Å². The van der Waals surface area contributed by atoms with Gasteiger partial charge in [0.2, 0.25) is 5.91 Å². The molecule has 2 unspecified atom stereocenters. The summed E-state index contributed by atoms with van der Waals surface area (Å²) < 4.78 is 0. The lowest BCUT2D eigenvalue weighted by molar-refractivity contribution is -0.141. The Morgan fingerprint density at radius 3 is 2.47 bits per heavy atom. The molecule has 0 aromatic carbocycles. The standard InChI is InChI=1S/C15H25NO3/c1-2-12(9-11-5-3-4-6-11)14(17)16-8-7-13(10-16)15(18)19/h11-13H,2-10H2,1H3,(H,18,19). The summed E-state index contributed by atoms with van der Waals surface area (Å²) >= 11 is 0. The average Bonchev–Trinajstić information content (AvgIpc) is 3.06. The average molecular weight is 267 g/mol. The molecule has 2 fully saturated rings. The van der Waals surface area contributed by atoms with Crippen LogP contribution in [0.1, 0.15) is 51.9 Å². The van der Waals surface area contributed by atoms with Gasteiger partial charge in [0.15, 0.2) is 0 Å². The first-order valence-electron chi connectivity index (χ1n) is 7.63. The zero-order valence-corrected chi connectivity index (χ0v) is 11.8. The Labute approximate surface area is 115 Å². The highest BCUT2D eigenvalue weighted by atomic mass is 16.4. The predicted octanol–water partition coefficient (Wildman–Crippen LogP) is 2.53. The molecule has 2 aliphatic rings. The van der Waals surface area contributed by atoms with Crippen LogP contribution in [0.25, 0.3) is 0 Å². The normalized spacial score (nSPS) is 25.7. The van der Waals surface area contributed by atoms with Gasteiger partial charge in [-0.3, -0.25) is 9.59 Å². The zero-order chi connectivity index (χ0) is 13.8. The van der Waals surface area contributed by atoms with Gasteiger partial charge in [-0.15, -0.1) is 0 Å². The molecular formula is C15H25NO3. The van der Waals surface area contributed by atoms with E-state index in [0.717, 1.165) is 12.8 Å². The number of nitrogens with zero attached hydrogens (tertiary/aromatic N) is 1. The fourth-order valence-electron chi connectivity index (χ4n) is 3.51.